The topological polar surface area (TPSA) is 67.9 Å². The summed E-state index contributed by atoms with van der Waals surface area (Å²) in [4.78, 5) is 25.4. The maximum atomic E-state index is 12.3. The molecule has 2 heterocycles. The zero-order valence-corrected chi connectivity index (χ0v) is 13.5. The number of rotatable bonds is 3. The van der Waals surface area contributed by atoms with E-state index in [2.05, 4.69) is 5.32 Å². The molecular formula is C17H22N2O4. The van der Waals surface area contributed by atoms with Crippen molar-refractivity contribution in [3.63, 3.8) is 0 Å². The SMILES string of the molecule is C[C@@H]1CN(C(=O)COc2ccc3c(c2)CCC(=O)N3)C[C@@H](C)O1. The van der Waals surface area contributed by atoms with Crippen molar-refractivity contribution in [1.82, 2.24) is 4.90 Å². The number of ether oxygens (including phenoxy) is 2. The molecule has 1 N–H and O–H groups in total. The molecular weight excluding hydrogens is 296 g/mol. The Bertz CT molecular complexity index is 607. The Morgan fingerprint density at radius 1 is 1.30 bits per heavy atom. The molecule has 2 atom stereocenters. The summed E-state index contributed by atoms with van der Waals surface area (Å²) >= 11 is 0. The molecule has 1 fully saturated rings. The van der Waals surface area contributed by atoms with Crippen molar-refractivity contribution in [1.29, 1.82) is 0 Å². The molecule has 2 aliphatic rings. The number of nitrogens with zero attached hydrogens (tertiary/aromatic N) is 1. The quantitative estimate of drug-likeness (QED) is 0.919. The van der Waals surface area contributed by atoms with E-state index in [0.717, 1.165) is 11.3 Å². The monoisotopic (exact) mass is 318 g/mol. The summed E-state index contributed by atoms with van der Waals surface area (Å²) in [6, 6.07) is 5.50. The van der Waals surface area contributed by atoms with Gasteiger partial charge in [0.25, 0.3) is 5.91 Å². The third-order valence-electron chi connectivity index (χ3n) is 4.11. The third-order valence-corrected chi connectivity index (χ3v) is 4.11. The van der Waals surface area contributed by atoms with E-state index in [-0.39, 0.29) is 30.6 Å². The van der Waals surface area contributed by atoms with Crippen LogP contribution in [0.2, 0.25) is 0 Å². The van der Waals surface area contributed by atoms with Crippen molar-refractivity contribution in [2.45, 2.75) is 38.9 Å². The molecule has 1 saturated heterocycles. The van der Waals surface area contributed by atoms with E-state index < -0.39 is 0 Å². The normalized spacial score (nSPS) is 23.9. The Labute approximate surface area is 135 Å². The highest BCUT2D eigenvalue weighted by Gasteiger charge is 2.26. The molecule has 0 unspecified atom stereocenters. The van der Waals surface area contributed by atoms with E-state index in [1.165, 1.54) is 0 Å². The zero-order chi connectivity index (χ0) is 16.4. The number of hydrogen-bond donors (Lipinski definition) is 1. The largest absolute Gasteiger partial charge is 0.484 e. The Balaban J connectivity index is 1.58. The number of fused-ring (bicyclic) bond motifs is 1. The van der Waals surface area contributed by atoms with Crippen LogP contribution >= 0.6 is 0 Å². The predicted octanol–water partition coefficient (Wildman–Crippen LogP) is 1.59. The van der Waals surface area contributed by atoms with Gasteiger partial charge < -0.3 is 19.7 Å². The van der Waals surface area contributed by atoms with Crippen LogP contribution in [-0.4, -0.2) is 48.6 Å². The van der Waals surface area contributed by atoms with E-state index in [4.69, 9.17) is 9.47 Å². The number of carbonyl (C=O) groups excluding carboxylic acids is 2. The van der Waals surface area contributed by atoms with Gasteiger partial charge in [0.1, 0.15) is 5.75 Å². The molecule has 1 aromatic rings. The van der Waals surface area contributed by atoms with Crippen LogP contribution in [0.1, 0.15) is 25.8 Å². The highest BCUT2D eigenvalue weighted by Crippen LogP contribution is 2.26. The molecule has 2 aliphatic heterocycles. The average molecular weight is 318 g/mol. The number of carbonyl (C=O) groups is 2. The Morgan fingerprint density at radius 3 is 2.78 bits per heavy atom. The predicted molar refractivity (Wildman–Crippen MR) is 85.5 cm³/mol. The summed E-state index contributed by atoms with van der Waals surface area (Å²) < 4.78 is 11.3. The molecule has 1 aromatic carbocycles. The summed E-state index contributed by atoms with van der Waals surface area (Å²) in [6.07, 6.45) is 1.29. The molecule has 0 saturated carbocycles. The van der Waals surface area contributed by atoms with E-state index in [9.17, 15) is 9.59 Å². The van der Waals surface area contributed by atoms with Crippen LogP contribution in [0, 0.1) is 0 Å². The average Bonchev–Trinajstić information content (AvgIpc) is 2.51. The summed E-state index contributed by atoms with van der Waals surface area (Å²) in [6.45, 7) is 5.15. The van der Waals surface area contributed by atoms with Crippen LogP contribution in [-0.2, 0) is 20.7 Å². The van der Waals surface area contributed by atoms with Gasteiger partial charge in [-0.05, 0) is 44.0 Å². The number of nitrogens with one attached hydrogen (secondary N) is 1. The van der Waals surface area contributed by atoms with E-state index in [0.29, 0.717) is 31.7 Å². The van der Waals surface area contributed by atoms with Gasteiger partial charge >= 0.3 is 0 Å². The lowest BCUT2D eigenvalue weighted by molar-refractivity contribution is -0.145. The van der Waals surface area contributed by atoms with Crippen LogP contribution in [0.25, 0.3) is 0 Å². The number of benzene rings is 1. The second-order valence-electron chi connectivity index (χ2n) is 6.21. The van der Waals surface area contributed by atoms with Crippen molar-refractivity contribution in [3.05, 3.63) is 23.8 Å². The summed E-state index contributed by atoms with van der Waals surface area (Å²) in [5.41, 5.74) is 1.87. The fourth-order valence-electron chi connectivity index (χ4n) is 3.07. The van der Waals surface area contributed by atoms with Crippen LogP contribution in [0.5, 0.6) is 5.75 Å². The Morgan fingerprint density at radius 2 is 2.04 bits per heavy atom. The second kappa shape index (κ2) is 6.58. The zero-order valence-electron chi connectivity index (χ0n) is 13.5. The number of amides is 2. The molecule has 124 valence electrons. The van der Waals surface area contributed by atoms with Crippen molar-refractivity contribution in [2.75, 3.05) is 25.0 Å². The number of aryl methyl sites for hydroxylation is 1. The van der Waals surface area contributed by atoms with Crippen molar-refractivity contribution in [2.24, 2.45) is 0 Å². The highest BCUT2D eigenvalue weighted by molar-refractivity contribution is 5.94. The molecule has 0 radical (unpaired) electrons. The van der Waals surface area contributed by atoms with E-state index >= 15 is 0 Å². The summed E-state index contributed by atoms with van der Waals surface area (Å²) in [5, 5.41) is 2.83. The smallest absolute Gasteiger partial charge is 0.260 e. The van der Waals surface area contributed by atoms with Gasteiger partial charge in [-0.25, -0.2) is 0 Å². The minimum Gasteiger partial charge on any atom is -0.484 e. The van der Waals surface area contributed by atoms with Gasteiger partial charge in [-0.2, -0.15) is 0 Å². The first-order chi connectivity index (χ1) is 11.0. The van der Waals surface area contributed by atoms with Crippen LogP contribution in [0.15, 0.2) is 18.2 Å². The van der Waals surface area contributed by atoms with Crippen molar-refractivity contribution in [3.8, 4) is 5.75 Å². The molecule has 0 bridgehead atoms. The summed E-state index contributed by atoms with van der Waals surface area (Å²) in [5.74, 6) is 0.664. The second-order valence-corrected chi connectivity index (χ2v) is 6.21. The number of anilines is 1. The van der Waals surface area contributed by atoms with Crippen LogP contribution in [0.4, 0.5) is 5.69 Å². The van der Waals surface area contributed by atoms with Gasteiger partial charge in [0.2, 0.25) is 5.91 Å². The molecule has 0 aromatic heterocycles. The minimum absolute atomic E-state index is 0.0184. The standard InChI is InChI=1S/C17H22N2O4/c1-11-8-19(9-12(2)23-11)17(21)10-22-14-4-5-15-13(7-14)3-6-16(20)18-15/h4-5,7,11-12H,3,6,8-10H2,1-2H3,(H,18,20)/t11-,12-/m1/s1. The maximum Gasteiger partial charge on any atom is 0.260 e. The van der Waals surface area contributed by atoms with Gasteiger partial charge in [0.05, 0.1) is 12.2 Å². The molecule has 0 spiro atoms. The Kier molecular flexibility index (Phi) is 4.52. The maximum absolute atomic E-state index is 12.3. The molecule has 6 heteroatoms. The highest BCUT2D eigenvalue weighted by atomic mass is 16.5. The lowest BCUT2D eigenvalue weighted by Crippen LogP contribution is -2.49. The third kappa shape index (κ3) is 3.82. The number of hydrogen-bond acceptors (Lipinski definition) is 4. The fourth-order valence-corrected chi connectivity index (χ4v) is 3.07. The van der Waals surface area contributed by atoms with Gasteiger partial charge in [-0.15, -0.1) is 0 Å². The first-order valence-corrected chi connectivity index (χ1v) is 8.00. The van der Waals surface area contributed by atoms with Crippen LogP contribution < -0.4 is 10.1 Å². The van der Waals surface area contributed by atoms with Gasteiger partial charge in [-0.1, -0.05) is 0 Å². The molecule has 2 amide bonds. The molecule has 3 rings (SSSR count). The van der Waals surface area contributed by atoms with Gasteiger partial charge in [0, 0.05) is 25.2 Å². The van der Waals surface area contributed by atoms with E-state index in [1.807, 2.05) is 26.0 Å². The minimum atomic E-state index is -0.0296. The molecule has 6 nitrogen and oxygen atoms in total. The number of morpholine rings is 1. The van der Waals surface area contributed by atoms with Crippen LogP contribution in [0.3, 0.4) is 0 Å². The Hall–Kier alpha value is -2.08. The van der Waals surface area contributed by atoms with Gasteiger partial charge in [-0.3, -0.25) is 9.59 Å². The molecule has 0 aliphatic carbocycles. The first-order valence-electron chi connectivity index (χ1n) is 8.00. The first kappa shape index (κ1) is 15.8. The van der Waals surface area contributed by atoms with Gasteiger partial charge in [0.15, 0.2) is 6.61 Å². The lowest BCUT2D eigenvalue weighted by atomic mass is 10.0. The lowest BCUT2D eigenvalue weighted by Gasteiger charge is -2.35. The fraction of sp³-hybridized carbons (Fsp3) is 0.529. The van der Waals surface area contributed by atoms with Crippen molar-refractivity contribution < 1.29 is 19.1 Å². The van der Waals surface area contributed by atoms with E-state index in [1.54, 1.807) is 11.0 Å². The van der Waals surface area contributed by atoms with Crippen molar-refractivity contribution >= 4 is 17.5 Å². The molecule has 23 heavy (non-hydrogen) atoms. The summed E-state index contributed by atoms with van der Waals surface area (Å²) in [7, 11) is 0.